The van der Waals surface area contributed by atoms with Gasteiger partial charge in [-0.25, -0.2) is 0 Å². The van der Waals surface area contributed by atoms with Gasteiger partial charge in [0, 0.05) is 18.4 Å². The molecule has 0 radical (unpaired) electrons. The van der Waals surface area contributed by atoms with Crippen molar-refractivity contribution in [3.8, 4) is 11.5 Å². The molecule has 120 valence electrons. The highest BCUT2D eigenvalue weighted by Crippen LogP contribution is 2.33. The van der Waals surface area contributed by atoms with Crippen LogP contribution < -0.4 is 9.47 Å². The molecule has 0 bridgehead atoms. The summed E-state index contributed by atoms with van der Waals surface area (Å²) in [5.41, 5.74) is 1.66. The first-order valence-electron chi connectivity index (χ1n) is 7.47. The fraction of sp³-hybridized carbons (Fsp3) is 0.294. The van der Waals surface area contributed by atoms with Crippen molar-refractivity contribution in [1.82, 2.24) is 4.98 Å². The molecule has 1 N–H and O–H groups in total. The van der Waals surface area contributed by atoms with Crippen LogP contribution in [-0.4, -0.2) is 41.8 Å². The topological polar surface area (TPSA) is 73.2 Å². The molecule has 0 saturated heterocycles. The molecule has 23 heavy (non-hydrogen) atoms. The highest BCUT2D eigenvalue weighted by atomic mass is 16.6. The first-order valence-corrected chi connectivity index (χ1v) is 7.47. The van der Waals surface area contributed by atoms with E-state index in [-0.39, 0.29) is 6.10 Å². The molecule has 1 aromatic heterocycles. The number of ether oxygens (including phenoxy) is 3. The van der Waals surface area contributed by atoms with Crippen LogP contribution in [0.5, 0.6) is 11.5 Å². The van der Waals surface area contributed by atoms with Gasteiger partial charge in [-0.05, 0) is 37.3 Å². The van der Waals surface area contributed by atoms with Gasteiger partial charge in [0.1, 0.15) is 12.3 Å². The predicted molar refractivity (Wildman–Crippen MR) is 84.5 cm³/mol. The third-order valence-corrected chi connectivity index (χ3v) is 3.45. The van der Waals surface area contributed by atoms with Crippen molar-refractivity contribution >= 4 is 5.71 Å². The molecule has 1 aromatic carbocycles. The van der Waals surface area contributed by atoms with Crippen LogP contribution in [0.3, 0.4) is 0 Å². The van der Waals surface area contributed by atoms with Crippen molar-refractivity contribution in [2.24, 2.45) is 5.16 Å². The van der Waals surface area contributed by atoms with E-state index in [1.54, 1.807) is 30.5 Å². The Bertz CT molecular complexity index is 688. The Hall–Kier alpha value is -2.60. The summed E-state index contributed by atoms with van der Waals surface area (Å²) in [4.78, 5) is 4.21. The van der Waals surface area contributed by atoms with E-state index < -0.39 is 0 Å². The lowest BCUT2D eigenvalue weighted by atomic mass is 10.1. The molecule has 2 heterocycles. The van der Waals surface area contributed by atoms with Gasteiger partial charge in [0.15, 0.2) is 17.6 Å². The van der Waals surface area contributed by atoms with E-state index in [9.17, 15) is 5.21 Å². The van der Waals surface area contributed by atoms with Gasteiger partial charge in [0.25, 0.3) is 0 Å². The molecule has 0 fully saturated rings. The Labute approximate surface area is 134 Å². The summed E-state index contributed by atoms with van der Waals surface area (Å²) in [6.45, 7) is 3.50. The van der Waals surface area contributed by atoms with Gasteiger partial charge in [0.2, 0.25) is 0 Å². The van der Waals surface area contributed by atoms with Gasteiger partial charge < -0.3 is 19.4 Å². The Balaban J connectivity index is 1.85. The Morgan fingerprint density at radius 3 is 3.00 bits per heavy atom. The average molecular weight is 314 g/mol. The predicted octanol–water partition coefficient (Wildman–Crippen LogP) is 2.48. The Kier molecular flexibility index (Phi) is 4.73. The second-order valence-corrected chi connectivity index (χ2v) is 5.04. The lowest BCUT2D eigenvalue weighted by Gasteiger charge is -2.26. The molecular formula is C17H18N2O4. The smallest absolute Gasteiger partial charge is 0.162 e. The number of pyridine rings is 1. The molecule has 6 nitrogen and oxygen atoms in total. The van der Waals surface area contributed by atoms with Gasteiger partial charge in [-0.1, -0.05) is 11.2 Å². The van der Waals surface area contributed by atoms with Crippen LogP contribution in [0.15, 0.2) is 47.8 Å². The van der Waals surface area contributed by atoms with Gasteiger partial charge >= 0.3 is 0 Å². The van der Waals surface area contributed by atoms with Crippen LogP contribution in [0.1, 0.15) is 18.2 Å². The maximum Gasteiger partial charge on any atom is 0.162 e. The lowest BCUT2D eigenvalue weighted by molar-refractivity contribution is 0.0127. The van der Waals surface area contributed by atoms with Crippen LogP contribution in [0, 0.1) is 0 Å². The molecule has 1 unspecified atom stereocenters. The quantitative estimate of drug-likeness (QED) is 0.521. The summed E-state index contributed by atoms with van der Waals surface area (Å²) in [6.07, 6.45) is 1.50. The van der Waals surface area contributed by atoms with E-state index in [4.69, 9.17) is 14.2 Å². The normalized spacial score (nSPS) is 17.1. The van der Waals surface area contributed by atoms with Crippen molar-refractivity contribution in [3.05, 3.63) is 53.9 Å². The number of hydrogen-bond donors (Lipinski definition) is 1. The SMILES string of the molecule is CCOCC1COc2ccc(C(=NO)c3ccccn3)cc2O1. The van der Waals surface area contributed by atoms with Crippen molar-refractivity contribution in [1.29, 1.82) is 0 Å². The maximum atomic E-state index is 9.36. The van der Waals surface area contributed by atoms with Gasteiger partial charge in [-0.3, -0.25) is 4.98 Å². The Morgan fingerprint density at radius 2 is 2.26 bits per heavy atom. The second kappa shape index (κ2) is 7.11. The number of fused-ring (bicyclic) bond motifs is 1. The van der Waals surface area contributed by atoms with Crippen molar-refractivity contribution in [2.75, 3.05) is 19.8 Å². The van der Waals surface area contributed by atoms with Crippen molar-refractivity contribution in [2.45, 2.75) is 13.0 Å². The molecular weight excluding hydrogens is 296 g/mol. The van der Waals surface area contributed by atoms with Gasteiger partial charge in [-0.2, -0.15) is 0 Å². The number of rotatable bonds is 5. The fourth-order valence-corrected chi connectivity index (χ4v) is 2.35. The first-order chi connectivity index (χ1) is 11.3. The van der Waals surface area contributed by atoms with E-state index in [1.165, 1.54) is 0 Å². The van der Waals surface area contributed by atoms with Gasteiger partial charge in [0.05, 0.1) is 12.3 Å². The largest absolute Gasteiger partial charge is 0.486 e. The summed E-state index contributed by atoms with van der Waals surface area (Å²) in [6, 6.07) is 10.8. The van der Waals surface area contributed by atoms with E-state index in [0.29, 0.717) is 48.3 Å². The van der Waals surface area contributed by atoms with Crippen LogP contribution in [0.2, 0.25) is 0 Å². The first kappa shape index (κ1) is 15.3. The van der Waals surface area contributed by atoms with Gasteiger partial charge in [-0.15, -0.1) is 0 Å². The number of hydrogen-bond acceptors (Lipinski definition) is 6. The second-order valence-electron chi connectivity index (χ2n) is 5.04. The number of benzene rings is 1. The minimum Gasteiger partial charge on any atom is -0.486 e. The number of oxime groups is 1. The van der Waals surface area contributed by atoms with Crippen molar-refractivity contribution in [3.63, 3.8) is 0 Å². The highest BCUT2D eigenvalue weighted by Gasteiger charge is 2.22. The molecule has 0 aliphatic carbocycles. The van der Waals surface area contributed by atoms with Crippen molar-refractivity contribution < 1.29 is 19.4 Å². The highest BCUT2D eigenvalue weighted by molar-refractivity contribution is 6.11. The molecule has 1 aliphatic heterocycles. The standard InChI is InChI=1S/C17H18N2O4/c1-2-21-10-13-11-22-15-7-6-12(9-16(15)23-13)17(19-20)14-5-3-4-8-18-14/h3-9,13,20H,2,10-11H2,1H3. The van der Waals surface area contributed by atoms with E-state index >= 15 is 0 Å². The maximum absolute atomic E-state index is 9.36. The third-order valence-electron chi connectivity index (χ3n) is 3.45. The summed E-state index contributed by atoms with van der Waals surface area (Å²) >= 11 is 0. The monoisotopic (exact) mass is 314 g/mol. The minimum absolute atomic E-state index is 0.151. The molecule has 2 aromatic rings. The van der Waals surface area contributed by atoms with E-state index in [1.807, 2.05) is 19.1 Å². The molecule has 0 spiro atoms. The van der Waals surface area contributed by atoms with Crippen LogP contribution >= 0.6 is 0 Å². The molecule has 3 rings (SSSR count). The zero-order valence-corrected chi connectivity index (χ0v) is 12.8. The molecule has 1 aliphatic rings. The molecule has 6 heteroatoms. The van der Waals surface area contributed by atoms with Crippen LogP contribution in [-0.2, 0) is 4.74 Å². The molecule has 0 amide bonds. The van der Waals surface area contributed by atoms with E-state index in [2.05, 4.69) is 10.1 Å². The fourth-order valence-electron chi connectivity index (χ4n) is 2.35. The van der Waals surface area contributed by atoms with Crippen LogP contribution in [0.25, 0.3) is 0 Å². The summed E-state index contributed by atoms with van der Waals surface area (Å²) < 4.78 is 17.0. The third kappa shape index (κ3) is 3.43. The average Bonchev–Trinajstić information content (AvgIpc) is 2.61. The summed E-state index contributed by atoms with van der Waals surface area (Å²) in [5, 5.41) is 12.7. The Morgan fingerprint density at radius 1 is 1.35 bits per heavy atom. The number of aromatic nitrogens is 1. The summed E-state index contributed by atoms with van der Waals surface area (Å²) in [5.74, 6) is 1.27. The van der Waals surface area contributed by atoms with Crippen LogP contribution in [0.4, 0.5) is 0 Å². The zero-order valence-electron chi connectivity index (χ0n) is 12.8. The summed E-state index contributed by atoms with van der Waals surface area (Å²) in [7, 11) is 0. The lowest BCUT2D eigenvalue weighted by Crippen LogP contribution is -2.33. The molecule has 1 atom stereocenters. The van der Waals surface area contributed by atoms with E-state index in [0.717, 1.165) is 0 Å². The minimum atomic E-state index is -0.151. The zero-order chi connectivity index (χ0) is 16.1. The molecule has 0 saturated carbocycles. The number of nitrogens with zero attached hydrogens (tertiary/aromatic N) is 2.